The van der Waals surface area contributed by atoms with Gasteiger partial charge in [0.25, 0.3) is 0 Å². The van der Waals surface area contributed by atoms with E-state index < -0.39 is 0 Å². The lowest BCUT2D eigenvalue weighted by Gasteiger charge is -2.34. The van der Waals surface area contributed by atoms with Gasteiger partial charge in [-0.1, -0.05) is 41.4 Å². The zero-order chi connectivity index (χ0) is 15.5. The number of hydrogen-bond donors (Lipinski definition) is 2. The van der Waals surface area contributed by atoms with Crippen molar-refractivity contribution in [1.29, 1.82) is 0 Å². The van der Waals surface area contributed by atoms with E-state index in [0.29, 0.717) is 0 Å². The number of carbonyl (C=O) groups is 1. The minimum absolute atomic E-state index is 0.183. The quantitative estimate of drug-likeness (QED) is 0.850. The third-order valence-corrected chi connectivity index (χ3v) is 4.97. The summed E-state index contributed by atoms with van der Waals surface area (Å²) in [6, 6.07) is 8.15. The Labute approximate surface area is 136 Å². The highest BCUT2D eigenvalue weighted by atomic mass is 79.9. The lowest BCUT2D eigenvalue weighted by molar-refractivity contribution is -0.132. The maximum Gasteiger partial charge on any atom is 0.228 e. The van der Waals surface area contributed by atoms with Crippen molar-refractivity contribution in [3.05, 3.63) is 34.3 Å². The van der Waals surface area contributed by atoms with E-state index in [1.807, 2.05) is 12.1 Å². The highest BCUT2D eigenvalue weighted by molar-refractivity contribution is 9.10. The van der Waals surface area contributed by atoms with Crippen molar-refractivity contribution in [2.24, 2.45) is 5.41 Å². The Balaban J connectivity index is 2.15. The number of halogens is 1. The molecule has 0 saturated carbocycles. The SMILES string of the molecule is CCCC1(C(=O)NC(C)(C)c2ccc(Br)cc2)CCNC1. The summed E-state index contributed by atoms with van der Waals surface area (Å²) >= 11 is 3.45. The van der Waals surface area contributed by atoms with Crippen molar-refractivity contribution < 1.29 is 4.79 Å². The van der Waals surface area contributed by atoms with E-state index in [1.165, 1.54) is 0 Å². The zero-order valence-corrected chi connectivity index (χ0v) is 14.7. The van der Waals surface area contributed by atoms with Gasteiger partial charge in [-0.15, -0.1) is 0 Å². The Kier molecular flexibility index (Phi) is 5.10. The molecule has 1 aliphatic heterocycles. The summed E-state index contributed by atoms with van der Waals surface area (Å²) in [5.41, 5.74) is 0.527. The standard InChI is InChI=1S/C17H25BrN2O/c1-4-9-17(10-11-19-12-17)15(21)20-16(2,3)13-5-7-14(18)8-6-13/h5-8,19H,4,9-12H2,1-3H3,(H,20,21). The van der Waals surface area contributed by atoms with Crippen LogP contribution in [-0.2, 0) is 10.3 Å². The van der Waals surface area contributed by atoms with Crippen molar-refractivity contribution in [1.82, 2.24) is 10.6 Å². The van der Waals surface area contributed by atoms with Crippen LogP contribution in [0.15, 0.2) is 28.7 Å². The molecular weight excluding hydrogens is 328 g/mol. The number of carbonyl (C=O) groups excluding carboxylic acids is 1. The smallest absolute Gasteiger partial charge is 0.228 e. The first kappa shape index (κ1) is 16.5. The Hall–Kier alpha value is -0.870. The Morgan fingerprint density at radius 3 is 2.57 bits per heavy atom. The molecule has 1 atom stereocenters. The second kappa shape index (κ2) is 6.49. The van der Waals surface area contributed by atoms with Crippen molar-refractivity contribution in [2.45, 2.75) is 45.6 Å². The van der Waals surface area contributed by atoms with Crippen LogP contribution in [0.2, 0.25) is 0 Å². The normalized spacial score (nSPS) is 22.3. The molecule has 1 aromatic rings. The molecule has 1 saturated heterocycles. The van der Waals surface area contributed by atoms with Gasteiger partial charge >= 0.3 is 0 Å². The molecule has 3 nitrogen and oxygen atoms in total. The molecule has 1 fully saturated rings. The number of hydrogen-bond acceptors (Lipinski definition) is 2. The molecule has 1 aromatic carbocycles. The van der Waals surface area contributed by atoms with Crippen LogP contribution < -0.4 is 10.6 Å². The number of nitrogens with one attached hydrogen (secondary N) is 2. The van der Waals surface area contributed by atoms with Gasteiger partial charge in [0.05, 0.1) is 11.0 Å². The minimum Gasteiger partial charge on any atom is -0.347 e. The molecule has 1 heterocycles. The van der Waals surface area contributed by atoms with Gasteiger partial charge in [-0.25, -0.2) is 0 Å². The van der Waals surface area contributed by atoms with Crippen LogP contribution in [0.25, 0.3) is 0 Å². The lowest BCUT2D eigenvalue weighted by atomic mass is 9.80. The Bertz CT molecular complexity index is 490. The number of rotatable bonds is 5. The van der Waals surface area contributed by atoms with Crippen LogP contribution in [0.4, 0.5) is 0 Å². The summed E-state index contributed by atoms with van der Waals surface area (Å²) in [6.07, 6.45) is 2.92. The molecule has 4 heteroatoms. The van der Waals surface area contributed by atoms with Crippen molar-refractivity contribution in [3.63, 3.8) is 0 Å². The number of benzene rings is 1. The van der Waals surface area contributed by atoms with Gasteiger partial charge in [-0.3, -0.25) is 4.79 Å². The molecule has 0 aromatic heterocycles. The van der Waals surface area contributed by atoms with Crippen LogP contribution in [0.1, 0.15) is 45.6 Å². The summed E-state index contributed by atoms with van der Waals surface area (Å²) in [6.45, 7) is 8.01. The molecule has 1 unspecified atom stereocenters. The van der Waals surface area contributed by atoms with E-state index in [4.69, 9.17) is 0 Å². The second-order valence-corrected chi connectivity index (χ2v) is 7.46. The molecule has 2 N–H and O–H groups in total. The van der Waals surface area contributed by atoms with Gasteiger partial charge in [-0.05, 0) is 50.9 Å². The van der Waals surface area contributed by atoms with Crippen LogP contribution in [0, 0.1) is 5.41 Å². The lowest BCUT2D eigenvalue weighted by Crippen LogP contribution is -2.50. The average Bonchev–Trinajstić information content (AvgIpc) is 2.89. The first-order valence-electron chi connectivity index (χ1n) is 7.69. The third-order valence-electron chi connectivity index (χ3n) is 4.45. The molecule has 21 heavy (non-hydrogen) atoms. The van der Waals surface area contributed by atoms with E-state index in [-0.39, 0.29) is 16.9 Å². The fourth-order valence-corrected chi connectivity index (χ4v) is 3.36. The molecule has 0 aliphatic carbocycles. The van der Waals surface area contributed by atoms with Crippen molar-refractivity contribution in [2.75, 3.05) is 13.1 Å². The van der Waals surface area contributed by atoms with E-state index in [2.05, 4.69) is 59.5 Å². The second-order valence-electron chi connectivity index (χ2n) is 6.54. The molecule has 0 radical (unpaired) electrons. The molecule has 1 amide bonds. The predicted molar refractivity (Wildman–Crippen MR) is 90.1 cm³/mol. The minimum atomic E-state index is -0.360. The molecule has 1 aliphatic rings. The summed E-state index contributed by atoms with van der Waals surface area (Å²) in [5.74, 6) is 0.183. The van der Waals surface area contributed by atoms with Gasteiger partial charge < -0.3 is 10.6 Å². The highest BCUT2D eigenvalue weighted by Gasteiger charge is 2.42. The third kappa shape index (κ3) is 3.67. The zero-order valence-electron chi connectivity index (χ0n) is 13.1. The van der Waals surface area contributed by atoms with Crippen LogP contribution >= 0.6 is 15.9 Å². The Morgan fingerprint density at radius 2 is 2.05 bits per heavy atom. The van der Waals surface area contributed by atoms with Gasteiger partial charge in [-0.2, -0.15) is 0 Å². The molecular formula is C17H25BrN2O. The molecule has 0 bridgehead atoms. The molecule has 0 spiro atoms. The summed E-state index contributed by atoms with van der Waals surface area (Å²) in [4.78, 5) is 12.9. The number of amides is 1. The van der Waals surface area contributed by atoms with E-state index in [1.54, 1.807) is 0 Å². The van der Waals surface area contributed by atoms with Crippen molar-refractivity contribution >= 4 is 21.8 Å². The van der Waals surface area contributed by atoms with Crippen LogP contribution in [0.3, 0.4) is 0 Å². The van der Waals surface area contributed by atoms with E-state index in [0.717, 1.165) is 42.4 Å². The fraction of sp³-hybridized carbons (Fsp3) is 0.588. The summed E-state index contributed by atoms with van der Waals surface area (Å²) in [5, 5.41) is 6.61. The van der Waals surface area contributed by atoms with E-state index in [9.17, 15) is 4.79 Å². The monoisotopic (exact) mass is 352 g/mol. The predicted octanol–water partition coefficient (Wildman–Crippen LogP) is 3.58. The van der Waals surface area contributed by atoms with Crippen LogP contribution in [-0.4, -0.2) is 19.0 Å². The highest BCUT2D eigenvalue weighted by Crippen LogP contribution is 2.33. The summed E-state index contributed by atoms with van der Waals surface area (Å²) in [7, 11) is 0. The maximum absolute atomic E-state index is 12.9. The maximum atomic E-state index is 12.9. The van der Waals surface area contributed by atoms with Gasteiger partial charge in [0, 0.05) is 11.0 Å². The van der Waals surface area contributed by atoms with Gasteiger partial charge in [0.2, 0.25) is 5.91 Å². The topological polar surface area (TPSA) is 41.1 Å². The van der Waals surface area contributed by atoms with Crippen molar-refractivity contribution in [3.8, 4) is 0 Å². The van der Waals surface area contributed by atoms with Crippen LogP contribution in [0.5, 0.6) is 0 Å². The Morgan fingerprint density at radius 1 is 1.38 bits per heavy atom. The average molecular weight is 353 g/mol. The largest absolute Gasteiger partial charge is 0.347 e. The molecule has 116 valence electrons. The first-order chi connectivity index (χ1) is 9.89. The fourth-order valence-electron chi connectivity index (χ4n) is 3.10. The van der Waals surface area contributed by atoms with Gasteiger partial charge in [0.1, 0.15) is 0 Å². The van der Waals surface area contributed by atoms with E-state index >= 15 is 0 Å². The summed E-state index contributed by atoms with van der Waals surface area (Å²) < 4.78 is 1.05. The first-order valence-corrected chi connectivity index (χ1v) is 8.48. The molecule has 2 rings (SSSR count). The van der Waals surface area contributed by atoms with Gasteiger partial charge in [0.15, 0.2) is 0 Å².